The molecule has 0 aliphatic rings. The van der Waals surface area contributed by atoms with Crippen molar-refractivity contribution < 1.29 is 14.7 Å². The summed E-state index contributed by atoms with van der Waals surface area (Å²) in [6.07, 6.45) is 1.22. The molecule has 0 spiro atoms. The van der Waals surface area contributed by atoms with E-state index in [2.05, 4.69) is 10.3 Å². The molecule has 0 fully saturated rings. The van der Waals surface area contributed by atoms with Crippen molar-refractivity contribution in [3.8, 4) is 0 Å². The normalized spacial score (nSPS) is 11.9. The van der Waals surface area contributed by atoms with Crippen molar-refractivity contribution in [3.05, 3.63) is 16.1 Å². The molecule has 2 N–H and O–H groups in total. The molecule has 2 amide bonds. The van der Waals surface area contributed by atoms with Crippen LogP contribution in [0.1, 0.15) is 30.3 Å². The van der Waals surface area contributed by atoms with Gasteiger partial charge in [-0.25, -0.2) is 9.78 Å². The van der Waals surface area contributed by atoms with Crippen LogP contribution in [0.2, 0.25) is 0 Å². The number of nitrogens with zero attached hydrogens (tertiary/aromatic N) is 2. The lowest BCUT2D eigenvalue weighted by molar-refractivity contribution is -0.141. The quantitative estimate of drug-likeness (QED) is 0.755. The molecule has 0 bridgehead atoms. The molecule has 0 aliphatic carbocycles. The number of thiazole rings is 1. The first-order valence-corrected chi connectivity index (χ1v) is 7.40. The van der Waals surface area contributed by atoms with Crippen LogP contribution in [0.5, 0.6) is 0 Å². The lowest BCUT2D eigenvalue weighted by Gasteiger charge is -2.17. The lowest BCUT2D eigenvalue weighted by atomic mass is 10.1. The molecular weight excluding hydrogens is 278 g/mol. The molecule has 0 aliphatic heterocycles. The van der Waals surface area contributed by atoms with Crippen molar-refractivity contribution in [2.75, 3.05) is 13.6 Å². The van der Waals surface area contributed by atoms with Gasteiger partial charge in [-0.05, 0) is 19.8 Å². The Hall–Kier alpha value is -1.63. The summed E-state index contributed by atoms with van der Waals surface area (Å²) in [7, 11) is 1.73. The molecule has 1 aromatic rings. The largest absolute Gasteiger partial charge is 0.481 e. The summed E-state index contributed by atoms with van der Waals surface area (Å²) in [4.78, 5) is 29.3. The maximum atomic E-state index is 11.8. The number of aryl methyl sites for hydroxylation is 1. The van der Waals surface area contributed by atoms with E-state index in [1.807, 2.05) is 6.92 Å². The van der Waals surface area contributed by atoms with E-state index in [9.17, 15) is 9.59 Å². The second kappa shape index (κ2) is 7.84. The minimum Gasteiger partial charge on any atom is -0.481 e. The maximum Gasteiger partial charge on any atom is 0.317 e. The monoisotopic (exact) mass is 299 g/mol. The van der Waals surface area contributed by atoms with Crippen LogP contribution < -0.4 is 5.32 Å². The smallest absolute Gasteiger partial charge is 0.317 e. The van der Waals surface area contributed by atoms with Crippen molar-refractivity contribution in [2.45, 2.75) is 33.2 Å². The van der Waals surface area contributed by atoms with Crippen molar-refractivity contribution in [3.63, 3.8) is 0 Å². The molecule has 1 aromatic heterocycles. The van der Waals surface area contributed by atoms with Gasteiger partial charge in [-0.1, -0.05) is 6.92 Å². The molecule has 0 radical (unpaired) electrons. The molecule has 1 heterocycles. The van der Waals surface area contributed by atoms with E-state index < -0.39 is 5.97 Å². The van der Waals surface area contributed by atoms with Crippen molar-refractivity contribution in [1.29, 1.82) is 0 Å². The van der Waals surface area contributed by atoms with Gasteiger partial charge >= 0.3 is 12.0 Å². The Morgan fingerprint density at radius 1 is 1.55 bits per heavy atom. The second-order valence-electron chi connectivity index (χ2n) is 4.83. The highest BCUT2D eigenvalue weighted by Crippen LogP contribution is 2.14. The van der Waals surface area contributed by atoms with Crippen LogP contribution >= 0.6 is 11.3 Å². The first-order valence-electron chi connectivity index (χ1n) is 6.52. The minimum absolute atomic E-state index is 0.152. The van der Waals surface area contributed by atoms with Gasteiger partial charge in [0.25, 0.3) is 0 Å². The van der Waals surface area contributed by atoms with Gasteiger partial charge in [0.15, 0.2) is 0 Å². The van der Waals surface area contributed by atoms with Crippen LogP contribution in [0, 0.1) is 12.8 Å². The second-order valence-corrected chi connectivity index (χ2v) is 5.77. The number of amides is 2. The van der Waals surface area contributed by atoms with Crippen LogP contribution in [-0.2, 0) is 11.3 Å². The Labute approximate surface area is 122 Å². The summed E-state index contributed by atoms with van der Waals surface area (Å²) in [5.74, 6) is -1.17. The van der Waals surface area contributed by atoms with E-state index in [1.54, 1.807) is 24.4 Å². The number of carboxylic acid groups (broad SMARTS) is 1. The SMILES string of the molecule is Cc1ncsc1CN(C)C(=O)NCCCC(C)C(=O)O. The van der Waals surface area contributed by atoms with Gasteiger partial charge in [-0.2, -0.15) is 0 Å². The van der Waals surface area contributed by atoms with E-state index >= 15 is 0 Å². The van der Waals surface area contributed by atoms with E-state index in [1.165, 1.54) is 11.3 Å². The zero-order valence-corrected chi connectivity index (χ0v) is 12.9. The van der Waals surface area contributed by atoms with Crippen LogP contribution in [0.25, 0.3) is 0 Å². The van der Waals surface area contributed by atoms with Crippen LogP contribution in [0.3, 0.4) is 0 Å². The molecule has 6 nitrogen and oxygen atoms in total. The molecular formula is C13H21N3O3S. The number of rotatable bonds is 7. The van der Waals surface area contributed by atoms with Gasteiger partial charge in [0.05, 0.1) is 23.7 Å². The van der Waals surface area contributed by atoms with Gasteiger partial charge in [0.2, 0.25) is 0 Å². The molecule has 0 saturated carbocycles. The number of nitrogens with one attached hydrogen (secondary N) is 1. The fraction of sp³-hybridized carbons (Fsp3) is 0.615. The molecule has 0 saturated heterocycles. The average Bonchev–Trinajstić information content (AvgIpc) is 2.79. The topological polar surface area (TPSA) is 82.5 Å². The lowest BCUT2D eigenvalue weighted by Crippen LogP contribution is -2.37. The van der Waals surface area contributed by atoms with Gasteiger partial charge in [0, 0.05) is 18.5 Å². The zero-order chi connectivity index (χ0) is 15.1. The zero-order valence-electron chi connectivity index (χ0n) is 12.0. The summed E-state index contributed by atoms with van der Waals surface area (Å²) in [5.41, 5.74) is 2.72. The molecule has 1 rings (SSSR count). The van der Waals surface area contributed by atoms with E-state index in [-0.39, 0.29) is 11.9 Å². The number of carbonyl (C=O) groups is 2. The molecule has 1 atom stereocenters. The third-order valence-corrected chi connectivity index (χ3v) is 4.00. The summed E-state index contributed by atoms with van der Waals surface area (Å²) >= 11 is 1.53. The third-order valence-electron chi connectivity index (χ3n) is 3.08. The van der Waals surface area contributed by atoms with Crippen molar-refractivity contribution >= 4 is 23.3 Å². The van der Waals surface area contributed by atoms with Crippen LogP contribution in [0.4, 0.5) is 4.79 Å². The highest BCUT2D eigenvalue weighted by atomic mass is 32.1. The number of aromatic nitrogens is 1. The fourth-order valence-electron chi connectivity index (χ4n) is 1.63. The first-order chi connectivity index (χ1) is 9.41. The average molecular weight is 299 g/mol. The highest BCUT2D eigenvalue weighted by Gasteiger charge is 2.13. The van der Waals surface area contributed by atoms with Gasteiger partial charge in [-0.3, -0.25) is 4.79 Å². The number of carbonyl (C=O) groups excluding carboxylic acids is 1. The molecule has 0 aromatic carbocycles. The van der Waals surface area contributed by atoms with Gasteiger partial charge in [0.1, 0.15) is 0 Å². The standard InChI is InChI=1S/C13H21N3O3S/c1-9(12(17)18)5-4-6-14-13(19)16(3)7-11-10(2)15-8-20-11/h8-9H,4-7H2,1-3H3,(H,14,19)(H,17,18). The Balaban J connectivity index is 2.25. The Bertz CT molecular complexity index is 461. The third kappa shape index (κ3) is 5.16. The van der Waals surface area contributed by atoms with Crippen molar-refractivity contribution in [1.82, 2.24) is 15.2 Å². The predicted octanol–water partition coefficient (Wildman–Crippen LogP) is 2.09. The van der Waals surface area contributed by atoms with Gasteiger partial charge < -0.3 is 15.3 Å². The van der Waals surface area contributed by atoms with E-state index in [0.717, 1.165) is 10.6 Å². The number of carboxylic acids is 1. The summed E-state index contributed by atoms with van der Waals surface area (Å²) < 4.78 is 0. The molecule has 7 heteroatoms. The summed E-state index contributed by atoms with van der Waals surface area (Å²) in [5, 5.41) is 11.5. The molecule has 112 valence electrons. The highest BCUT2D eigenvalue weighted by molar-refractivity contribution is 7.09. The Morgan fingerprint density at radius 3 is 2.80 bits per heavy atom. The predicted molar refractivity (Wildman–Crippen MR) is 77.8 cm³/mol. The minimum atomic E-state index is -0.797. The van der Waals surface area contributed by atoms with Crippen LogP contribution in [-0.4, -0.2) is 40.6 Å². The Kier molecular flexibility index (Phi) is 6.44. The van der Waals surface area contributed by atoms with E-state index in [0.29, 0.717) is 25.9 Å². The molecule has 1 unspecified atom stereocenters. The molecule has 20 heavy (non-hydrogen) atoms. The van der Waals surface area contributed by atoms with Gasteiger partial charge in [-0.15, -0.1) is 11.3 Å². The number of hydrogen-bond donors (Lipinski definition) is 2. The first kappa shape index (κ1) is 16.4. The number of urea groups is 1. The fourth-order valence-corrected chi connectivity index (χ4v) is 2.46. The van der Waals surface area contributed by atoms with E-state index in [4.69, 9.17) is 5.11 Å². The number of aliphatic carboxylic acids is 1. The Morgan fingerprint density at radius 2 is 2.25 bits per heavy atom. The van der Waals surface area contributed by atoms with Crippen LogP contribution in [0.15, 0.2) is 5.51 Å². The number of hydrogen-bond acceptors (Lipinski definition) is 4. The summed E-state index contributed by atoms with van der Waals surface area (Å²) in [6, 6.07) is -0.152. The van der Waals surface area contributed by atoms with Crippen molar-refractivity contribution in [2.24, 2.45) is 5.92 Å². The maximum absolute atomic E-state index is 11.8. The summed E-state index contributed by atoms with van der Waals surface area (Å²) in [6.45, 7) is 4.62.